The number of aryl methyl sites for hydroxylation is 2. The molecule has 0 atom stereocenters. The number of hydrogen-bond donors (Lipinski definition) is 1. The predicted octanol–water partition coefficient (Wildman–Crippen LogP) is 4.56. The fourth-order valence-corrected chi connectivity index (χ4v) is 2.22. The molecule has 4 heteroatoms. The lowest BCUT2D eigenvalue weighted by Gasteiger charge is -2.09. The number of Topliss-reactive ketones (excluding diaryl/α,β-unsaturated/α-hetero) is 1. The lowest BCUT2D eigenvalue weighted by molar-refractivity contribution is -0.116. The maximum atomic E-state index is 12.0. The summed E-state index contributed by atoms with van der Waals surface area (Å²) in [6.07, 6.45) is 0.340. The molecule has 0 heterocycles. The fourth-order valence-electron chi connectivity index (χ4n) is 2.09. The van der Waals surface area contributed by atoms with E-state index in [1.165, 1.54) is 0 Å². The van der Waals surface area contributed by atoms with Gasteiger partial charge in [-0.25, -0.2) is 0 Å². The lowest BCUT2D eigenvalue weighted by Crippen LogP contribution is -2.14. The van der Waals surface area contributed by atoms with E-state index in [4.69, 9.17) is 11.6 Å². The van der Waals surface area contributed by atoms with Gasteiger partial charge in [0.05, 0.1) is 0 Å². The highest BCUT2D eigenvalue weighted by Gasteiger charge is 2.10. The normalized spacial score (nSPS) is 10.3. The van der Waals surface area contributed by atoms with Crippen LogP contribution in [0.2, 0.25) is 5.02 Å². The van der Waals surface area contributed by atoms with Crippen LogP contribution in [0.3, 0.4) is 0 Å². The van der Waals surface area contributed by atoms with Gasteiger partial charge < -0.3 is 5.32 Å². The van der Waals surface area contributed by atoms with Gasteiger partial charge in [-0.05, 0) is 55.3 Å². The smallest absolute Gasteiger partial charge is 0.224 e. The Morgan fingerprint density at radius 3 is 2.36 bits per heavy atom. The molecule has 22 heavy (non-hydrogen) atoms. The van der Waals surface area contributed by atoms with E-state index < -0.39 is 0 Å². The Morgan fingerprint density at radius 1 is 1.00 bits per heavy atom. The van der Waals surface area contributed by atoms with Crippen LogP contribution in [0, 0.1) is 13.8 Å². The Bertz CT molecular complexity index is 693. The third-order valence-electron chi connectivity index (χ3n) is 3.41. The summed E-state index contributed by atoms with van der Waals surface area (Å²) >= 11 is 5.79. The van der Waals surface area contributed by atoms with E-state index in [1.807, 2.05) is 32.0 Å². The van der Waals surface area contributed by atoms with Gasteiger partial charge in [0.1, 0.15) is 0 Å². The first-order valence-electron chi connectivity index (χ1n) is 7.11. The summed E-state index contributed by atoms with van der Waals surface area (Å²) in [5.74, 6) is -0.219. The lowest BCUT2D eigenvalue weighted by atomic mass is 10.1. The van der Waals surface area contributed by atoms with Crippen molar-refractivity contribution in [2.45, 2.75) is 26.7 Å². The van der Waals surface area contributed by atoms with Crippen LogP contribution in [-0.2, 0) is 4.79 Å². The molecule has 2 rings (SSSR count). The number of halogens is 1. The second-order valence-electron chi connectivity index (χ2n) is 5.30. The molecule has 0 aliphatic carbocycles. The topological polar surface area (TPSA) is 46.2 Å². The summed E-state index contributed by atoms with van der Waals surface area (Å²) in [5.41, 5.74) is 3.45. The van der Waals surface area contributed by atoms with Crippen molar-refractivity contribution in [2.24, 2.45) is 0 Å². The van der Waals surface area contributed by atoms with E-state index in [0.29, 0.717) is 10.6 Å². The maximum Gasteiger partial charge on any atom is 0.224 e. The van der Waals surface area contributed by atoms with Crippen LogP contribution in [0.1, 0.15) is 34.3 Å². The standard InChI is InChI=1S/C18H18ClNO2/c1-12-3-4-13(2)16(11-12)20-18(22)10-9-17(21)14-5-7-15(19)8-6-14/h3-8,11H,9-10H2,1-2H3,(H,20,22). The Labute approximate surface area is 135 Å². The van der Waals surface area contributed by atoms with Gasteiger partial charge in [0.25, 0.3) is 0 Å². The molecule has 0 spiro atoms. The number of carbonyl (C=O) groups is 2. The number of ketones is 1. The number of carbonyl (C=O) groups excluding carboxylic acids is 2. The molecule has 114 valence electrons. The van der Waals surface area contributed by atoms with Crippen molar-refractivity contribution >= 4 is 29.0 Å². The summed E-state index contributed by atoms with van der Waals surface area (Å²) in [6, 6.07) is 12.6. The molecule has 0 radical (unpaired) electrons. The third kappa shape index (κ3) is 4.43. The van der Waals surface area contributed by atoms with Crippen molar-refractivity contribution in [3.63, 3.8) is 0 Å². The van der Waals surface area contributed by atoms with Crippen LogP contribution in [0.4, 0.5) is 5.69 Å². The van der Waals surface area contributed by atoms with Gasteiger partial charge in [0.15, 0.2) is 5.78 Å². The second kappa shape index (κ2) is 7.23. The van der Waals surface area contributed by atoms with Crippen LogP contribution in [-0.4, -0.2) is 11.7 Å². The highest BCUT2D eigenvalue weighted by Crippen LogP contribution is 2.17. The molecule has 3 nitrogen and oxygen atoms in total. The van der Waals surface area contributed by atoms with E-state index in [9.17, 15) is 9.59 Å². The Hall–Kier alpha value is -2.13. The molecular formula is C18H18ClNO2. The van der Waals surface area contributed by atoms with Crippen LogP contribution < -0.4 is 5.32 Å². The molecule has 0 aliphatic heterocycles. The zero-order valence-electron chi connectivity index (χ0n) is 12.7. The highest BCUT2D eigenvalue weighted by atomic mass is 35.5. The molecule has 2 aromatic carbocycles. The first-order chi connectivity index (χ1) is 10.5. The number of hydrogen-bond acceptors (Lipinski definition) is 2. The van der Waals surface area contributed by atoms with E-state index in [-0.39, 0.29) is 24.5 Å². The van der Waals surface area contributed by atoms with Crippen LogP contribution in [0.15, 0.2) is 42.5 Å². The van der Waals surface area contributed by atoms with Gasteiger partial charge in [0, 0.05) is 29.1 Å². The molecule has 1 amide bonds. The minimum absolute atomic E-state index is 0.0622. The Morgan fingerprint density at radius 2 is 1.68 bits per heavy atom. The van der Waals surface area contributed by atoms with Gasteiger partial charge in [-0.1, -0.05) is 23.7 Å². The van der Waals surface area contributed by atoms with Crippen LogP contribution in [0.25, 0.3) is 0 Å². The maximum absolute atomic E-state index is 12.0. The zero-order chi connectivity index (χ0) is 16.1. The molecule has 0 saturated carbocycles. The number of nitrogens with one attached hydrogen (secondary N) is 1. The first kappa shape index (κ1) is 16.2. The van der Waals surface area contributed by atoms with Crippen LogP contribution >= 0.6 is 11.6 Å². The number of benzene rings is 2. The van der Waals surface area contributed by atoms with E-state index >= 15 is 0 Å². The van der Waals surface area contributed by atoms with Crippen LogP contribution in [0.5, 0.6) is 0 Å². The van der Waals surface area contributed by atoms with Gasteiger partial charge in [-0.3, -0.25) is 9.59 Å². The van der Waals surface area contributed by atoms with Gasteiger partial charge in [-0.15, -0.1) is 0 Å². The predicted molar refractivity (Wildman–Crippen MR) is 89.6 cm³/mol. The van der Waals surface area contributed by atoms with Crippen molar-refractivity contribution in [2.75, 3.05) is 5.32 Å². The van der Waals surface area contributed by atoms with Crippen molar-refractivity contribution in [3.05, 3.63) is 64.2 Å². The largest absolute Gasteiger partial charge is 0.326 e. The second-order valence-corrected chi connectivity index (χ2v) is 5.73. The van der Waals surface area contributed by atoms with Gasteiger partial charge in [-0.2, -0.15) is 0 Å². The average molecular weight is 316 g/mol. The van der Waals surface area contributed by atoms with E-state index in [0.717, 1.165) is 16.8 Å². The Kier molecular flexibility index (Phi) is 5.34. The molecular weight excluding hydrogens is 298 g/mol. The molecule has 0 unspecified atom stereocenters. The summed E-state index contributed by atoms with van der Waals surface area (Å²) < 4.78 is 0. The fraction of sp³-hybridized carbons (Fsp3) is 0.222. The van der Waals surface area contributed by atoms with Crippen molar-refractivity contribution < 1.29 is 9.59 Å². The molecule has 2 aromatic rings. The monoisotopic (exact) mass is 315 g/mol. The zero-order valence-corrected chi connectivity index (χ0v) is 13.4. The minimum atomic E-state index is -0.156. The third-order valence-corrected chi connectivity index (χ3v) is 3.66. The SMILES string of the molecule is Cc1ccc(C)c(NC(=O)CCC(=O)c2ccc(Cl)cc2)c1. The molecule has 0 bridgehead atoms. The van der Waals surface area contributed by atoms with Crippen molar-refractivity contribution in [1.29, 1.82) is 0 Å². The molecule has 1 N–H and O–H groups in total. The quantitative estimate of drug-likeness (QED) is 0.822. The van der Waals surface area contributed by atoms with E-state index in [1.54, 1.807) is 24.3 Å². The minimum Gasteiger partial charge on any atom is -0.326 e. The molecule has 0 aromatic heterocycles. The first-order valence-corrected chi connectivity index (χ1v) is 7.49. The van der Waals surface area contributed by atoms with E-state index in [2.05, 4.69) is 5.32 Å². The average Bonchev–Trinajstić information content (AvgIpc) is 2.49. The number of amides is 1. The van der Waals surface area contributed by atoms with Gasteiger partial charge in [0.2, 0.25) is 5.91 Å². The molecule has 0 aliphatic rings. The molecule has 0 fully saturated rings. The molecule has 0 saturated heterocycles. The highest BCUT2D eigenvalue weighted by molar-refractivity contribution is 6.30. The van der Waals surface area contributed by atoms with Crippen molar-refractivity contribution in [3.8, 4) is 0 Å². The van der Waals surface area contributed by atoms with Crippen molar-refractivity contribution in [1.82, 2.24) is 0 Å². The number of anilines is 1. The van der Waals surface area contributed by atoms with Gasteiger partial charge >= 0.3 is 0 Å². The summed E-state index contributed by atoms with van der Waals surface area (Å²) in [5, 5.41) is 3.44. The summed E-state index contributed by atoms with van der Waals surface area (Å²) in [7, 11) is 0. The summed E-state index contributed by atoms with van der Waals surface area (Å²) in [6.45, 7) is 3.91. The summed E-state index contributed by atoms with van der Waals surface area (Å²) in [4.78, 5) is 24.0. The number of rotatable bonds is 5. The Balaban J connectivity index is 1.91.